The lowest BCUT2D eigenvalue weighted by atomic mass is 9.78. The zero-order valence-electron chi connectivity index (χ0n) is 16.0. The van der Waals surface area contributed by atoms with Crippen LogP contribution in [0.5, 0.6) is 0 Å². The first-order valence-electron chi connectivity index (χ1n) is 8.39. The van der Waals surface area contributed by atoms with Gasteiger partial charge in [0, 0.05) is 4.47 Å². The Balaban J connectivity index is 3.37. The summed E-state index contributed by atoms with van der Waals surface area (Å²) in [4.78, 5) is 37.1. The highest BCUT2D eigenvalue weighted by atomic mass is 79.9. The zero-order chi connectivity index (χ0) is 21.0. The fraction of sp³-hybridized carbons (Fsp3) is 0.526. The van der Waals surface area contributed by atoms with Gasteiger partial charge in [-0.05, 0) is 74.2 Å². The van der Waals surface area contributed by atoms with Gasteiger partial charge in [-0.25, -0.2) is 0 Å². The number of ether oxygens (including phenoxy) is 2. The Morgan fingerprint density at radius 1 is 1.22 bits per heavy atom. The Kier molecular flexibility index (Phi) is 7.87. The van der Waals surface area contributed by atoms with Crippen LogP contribution in [-0.4, -0.2) is 35.2 Å². The highest BCUT2D eigenvalue weighted by Crippen LogP contribution is 2.35. The van der Waals surface area contributed by atoms with Crippen molar-refractivity contribution in [3.63, 3.8) is 0 Å². The van der Waals surface area contributed by atoms with E-state index in [0.29, 0.717) is 20.6 Å². The van der Waals surface area contributed by atoms with Gasteiger partial charge >= 0.3 is 17.9 Å². The van der Waals surface area contributed by atoms with Crippen LogP contribution in [0.15, 0.2) is 16.6 Å². The molecular weight excluding hydrogens is 440 g/mol. The van der Waals surface area contributed by atoms with Crippen molar-refractivity contribution in [1.29, 1.82) is 0 Å². The van der Waals surface area contributed by atoms with Crippen molar-refractivity contribution in [3.8, 4) is 0 Å². The quantitative estimate of drug-likeness (QED) is 0.478. The molecule has 1 aromatic carbocycles. The van der Waals surface area contributed by atoms with E-state index in [1.807, 2.05) is 0 Å². The Labute approximate surface area is 172 Å². The molecule has 0 heterocycles. The second-order valence-corrected chi connectivity index (χ2v) is 8.49. The molecule has 6 nitrogen and oxygen atoms in total. The van der Waals surface area contributed by atoms with E-state index < -0.39 is 35.3 Å². The van der Waals surface area contributed by atoms with Crippen LogP contribution in [0.4, 0.5) is 0 Å². The molecule has 0 aliphatic carbocycles. The first-order valence-corrected chi connectivity index (χ1v) is 9.56. The van der Waals surface area contributed by atoms with E-state index in [-0.39, 0.29) is 13.0 Å². The SMILES string of the molecule is CCOC(=O)C(CC(=O)OC(C)(C)C)(Cc1cc(C)c(Cl)c(Br)c1)C(=O)O. The lowest BCUT2D eigenvalue weighted by Crippen LogP contribution is -2.45. The van der Waals surface area contributed by atoms with Crippen molar-refractivity contribution in [1.82, 2.24) is 0 Å². The summed E-state index contributed by atoms with van der Waals surface area (Å²) in [5.74, 6) is -3.22. The Hall–Kier alpha value is -1.60. The number of carbonyl (C=O) groups excluding carboxylic acids is 2. The van der Waals surface area contributed by atoms with Crippen molar-refractivity contribution in [2.24, 2.45) is 5.41 Å². The summed E-state index contributed by atoms with van der Waals surface area (Å²) < 4.78 is 10.8. The summed E-state index contributed by atoms with van der Waals surface area (Å²) >= 11 is 9.44. The minimum atomic E-state index is -2.10. The smallest absolute Gasteiger partial charge is 0.324 e. The summed E-state index contributed by atoms with van der Waals surface area (Å²) in [5, 5.41) is 10.4. The molecule has 150 valence electrons. The van der Waals surface area contributed by atoms with Gasteiger partial charge in [-0.3, -0.25) is 14.4 Å². The van der Waals surface area contributed by atoms with Gasteiger partial charge in [-0.2, -0.15) is 0 Å². The molecule has 0 amide bonds. The highest BCUT2D eigenvalue weighted by Gasteiger charge is 2.50. The Morgan fingerprint density at radius 2 is 1.81 bits per heavy atom. The number of aryl methyl sites for hydroxylation is 1. The molecular formula is C19H24BrClO6. The molecule has 0 fully saturated rings. The van der Waals surface area contributed by atoms with E-state index in [1.54, 1.807) is 46.8 Å². The van der Waals surface area contributed by atoms with Crippen LogP contribution in [-0.2, 0) is 30.3 Å². The van der Waals surface area contributed by atoms with Crippen molar-refractivity contribution in [3.05, 3.63) is 32.8 Å². The molecule has 1 unspecified atom stereocenters. The van der Waals surface area contributed by atoms with Gasteiger partial charge in [0.05, 0.1) is 18.1 Å². The molecule has 0 saturated heterocycles. The van der Waals surface area contributed by atoms with Crippen LogP contribution in [0, 0.1) is 12.3 Å². The van der Waals surface area contributed by atoms with Crippen LogP contribution in [0.25, 0.3) is 0 Å². The van der Waals surface area contributed by atoms with Gasteiger partial charge in [0.1, 0.15) is 5.60 Å². The number of benzene rings is 1. The van der Waals surface area contributed by atoms with Gasteiger partial charge in [0.15, 0.2) is 5.41 Å². The molecule has 0 aliphatic heterocycles. The molecule has 1 atom stereocenters. The van der Waals surface area contributed by atoms with Crippen LogP contribution in [0.2, 0.25) is 5.02 Å². The summed E-state index contributed by atoms with van der Waals surface area (Å²) in [5.41, 5.74) is -1.67. The van der Waals surface area contributed by atoms with E-state index in [1.165, 1.54) is 0 Å². The molecule has 0 saturated carbocycles. The topological polar surface area (TPSA) is 89.9 Å². The molecule has 8 heteroatoms. The lowest BCUT2D eigenvalue weighted by molar-refractivity contribution is -0.177. The monoisotopic (exact) mass is 462 g/mol. The van der Waals surface area contributed by atoms with Gasteiger partial charge < -0.3 is 14.6 Å². The van der Waals surface area contributed by atoms with E-state index in [9.17, 15) is 19.5 Å². The molecule has 0 aromatic heterocycles. The minimum absolute atomic E-state index is 0.00841. The van der Waals surface area contributed by atoms with Gasteiger partial charge in [0.2, 0.25) is 0 Å². The molecule has 0 aliphatic rings. The maximum atomic E-state index is 12.6. The maximum absolute atomic E-state index is 12.6. The van der Waals surface area contributed by atoms with Gasteiger partial charge in [0.25, 0.3) is 0 Å². The van der Waals surface area contributed by atoms with Crippen molar-refractivity contribution in [2.45, 2.75) is 53.1 Å². The van der Waals surface area contributed by atoms with Crippen LogP contribution >= 0.6 is 27.5 Å². The van der Waals surface area contributed by atoms with Gasteiger partial charge in [-0.15, -0.1) is 0 Å². The van der Waals surface area contributed by atoms with Crippen molar-refractivity contribution in [2.75, 3.05) is 6.61 Å². The van der Waals surface area contributed by atoms with Crippen LogP contribution in [0.1, 0.15) is 45.2 Å². The minimum Gasteiger partial charge on any atom is -0.480 e. The number of hydrogen-bond donors (Lipinski definition) is 1. The van der Waals surface area contributed by atoms with Crippen molar-refractivity contribution >= 4 is 45.4 Å². The fourth-order valence-corrected chi connectivity index (χ4v) is 3.30. The number of carboxylic acid groups (broad SMARTS) is 1. The number of rotatable bonds is 7. The Morgan fingerprint density at radius 3 is 2.26 bits per heavy atom. The lowest BCUT2D eigenvalue weighted by Gasteiger charge is -2.28. The number of hydrogen-bond acceptors (Lipinski definition) is 5. The molecule has 0 spiro atoms. The van der Waals surface area contributed by atoms with Crippen molar-refractivity contribution < 1.29 is 29.0 Å². The first-order chi connectivity index (χ1) is 12.3. The normalized spacial score (nSPS) is 13.6. The maximum Gasteiger partial charge on any atom is 0.324 e. The van der Waals surface area contributed by atoms with E-state index >= 15 is 0 Å². The second kappa shape index (κ2) is 9.06. The molecule has 0 bridgehead atoms. The fourth-order valence-electron chi connectivity index (χ4n) is 2.59. The largest absolute Gasteiger partial charge is 0.480 e. The molecule has 27 heavy (non-hydrogen) atoms. The van der Waals surface area contributed by atoms with Crippen LogP contribution < -0.4 is 0 Å². The molecule has 1 rings (SSSR count). The summed E-state index contributed by atoms with van der Waals surface area (Å²) in [6.07, 6.45) is -0.880. The molecule has 1 N–H and O–H groups in total. The third-order valence-corrected chi connectivity index (χ3v) is 5.07. The van der Waals surface area contributed by atoms with E-state index in [2.05, 4.69) is 15.9 Å². The average Bonchev–Trinajstić information content (AvgIpc) is 2.49. The van der Waals surface area contributed by atoms with Crippen LogP contribution in [0.3, 0.4) is 0 Å². The van der Waals surface area contributed by atoms with E-state index in [4.69, 9.17) is 21.1 Å². The zero-order valence-corrected chi connectivity index (χ0v) is 18.4. The number of carboxylic acids is 1. The predicted molar refractivity (Wildman–Crippen MR) is 105 cm³/mol. The first kappa shape index (κ1) is 23.4. The second-order valence-electron chi connectivity index (χ2n) is 7.26. The average molecular weight is 464 g/mol. The summed E-state index contributed by atoms with van der Waals surface area (Å²) in [7, 11) is 0. The number of aliphatic carboxylic acids is 1. The standard InChI is InChI=1S/C19H24BrClO6/c1-6-26-17(25)19(16(23)24,10-14(22)27-18(3,4)5)9-12-7-11(2)15(21)13(20)8-12/h7-8H,6,9-10H2,1-5H3,(H,23,24). The summed E-state index contributed by atoms with van der Waals surface area (Å²) in [6, 6.07) is 3.31. The molecule has 1 aromatic rings. The molecule has 0 radical (unpaired) electrons. The third kappa shape index (κ3) is 6.21. The number of halogens is 2. The van der Waals surface area contributed by atoms with E-state index in [0.717, 1.165) is 0 Å². The number of carbonyl (C=O) groups is 3. The third-order valence-electron chi connectivity index (χ3n) is 3.72. The highest BCUT2D eigenvalue weighted by molar-refractivity contribution is 9.10. The predicted octanol–water partition coefficient (Wildman–Crippen LogP) is 4.32. The number of esters is 2. The van der Waals surface area contributed by atoms with Gasteiger partial charge in [-0.1, -0.05) is 17.7 Å². The Bertz CT molecular complexity index is 717. The summed E-state index contributed by atoms with van der Waals surface area (Å²) in [6.45, 7) is 8.32.